The molecule has 0 saturated carbocycles. The molecular weight excluding hydrogens is 316 g/mol. The van der Waals surface area contributed by atoms with Gasteiger partial charge in [-0.3, -0.25) is 9.78 Å². The number of likely N-dealkylation sites (N-methyl/N-ethyl adjacent to an activating group) is 1. The molecule has 0 bridgehead atoms. The Kier molecular flexibility index (Phi) is 7.28. The summed E-state index contributed by atoms with van der Waals surface area (Å²) in [5.41, 5.74) is 1.60. The highest BCUT2D eigenvalue weighted by molar-refractivity contribution is 5.92. The normalized spacial score (nSPS) is 10.7. The summed E-state index contributed by atoms with van der Waals surface area (Å²) in [6.07, 6.45) is 6.96. The average molecular weight is 342 g/mol. The van der Waals surface area contributed by atoms with E-state index in [1.54, 1.807) is 24.7 Å². The SMILES string of the molecule is CN(C)CCCNC(=O)c1ccnc(N(C)CCc2ccncc2)n1. The maximum atomic E-state index is 12.2. The molecule has 2 aromatic heterocycles. The Morgan fingerprint density at radius 3 is 2.56 bits per heavy atom. The first-order valence-electron chi connectivity index (χ1n) is 8.42. The van der Waals surface area contributed by atoms with Crippen molar-refractivity contribution in [3.8, 4) is 0 Å². The summed E-state index contributed by atoms with van der Waals surface area (Å²) >= 11 is 0. The number of carbonyl (C=O) groups excluding carboxylic acids is 1. The first kappa shape index (κ1) is 18.8. The predicted molar refractivity (Wildman–Crippen MR) is 98.7 cm³/mol. The molecule has 0 fully saturated rings. The third-order valence-corrected chi connectivity index (χ3v) is 3.77. The fourth-order valence-electron chi connectivity index (χ4n) is 2.29. The molecular formula is C18H26N6O. The van der Waals surface area contributed by atoms with Gasteiger partial charge in [-0.15, -0.1) is 0 Å². The summed E-state index contributed by atoms with van der Waals surface area (Å²) in [5, 5.41) is 2.90. The minimum atomic E-state index is -0.162. The van der Waals surface area contributed by atoms with Gasteiger partial charge in [0.2, 0.25) is 5.95 Å². The van der Waals surface area contributed by atoms with E-state index < -0.39 is 0 Å². The summed E-state index contributed by atoms with van der Waals surface area (Å²) in [7, 11) is 5.95. The van der Waals surface area contributed by atoms with Crippen molar-refractivity contribution in [1.29, 1.82) is 0 Å². The van der Waals surface area contributed by atoms with Crippen molar-refractivity contribution < 1.29 is 4.79 Å². The second-order valence-corrected chi connectivity index (χ2v) is 6.18. The standard InChI is InChI=1S/C18H26N6O/c1-23(2)13-4-9-20-17(25)16-7-12-21-18(22-16)24(3)14-8-15-5-10-19-11-6-15/h5-7,10-12H,4,8-9,13-14H2,1-3H3,(H,20,25). The van der Waals surface area contributed by atoms with Crippen LogP contribution in [0.25, 0.3) is 0 Å². The van der Waals surface area contributed by atoms with Gasteiger partial charge in [0.05, 0.1) is 0 Å². The van der Waals surface area contributed by atoms with Crippen molar-refractivity contribution in [2.45, 2.75) is 12.8 Å². The zero-order valence-electron chi connectivity index (χ0n) is 15.1. The lowest BCUT2D eigenvalue weighted by Crippen LogP contribution is -2.29. The number of amides is 1. The molecule has 0 aromatic carbocycles. The van der Waals surface area contributed by atoms with Gasteiger partial charge < -0.3 is 15.1 Å². The molecule has 7 heteroatoms. The van der Waals surface area contributed by atoms with Gasteiger partial charge in [-0.2, -0.15) is 0 Å². The van der Waals surface area contributed by atoms with E-state index in [2.05, 4.69) is 25.2 Å². The van der Waals surface area contributed by atoms with Gasteiger partial charge in [0.25, 0.3) is 5.91 Å². The van der Waals surface area contributed by atoms with Crippen LogP contribution in [-0.4, -0.2) is 66.5 Å². The van der Waals surface area contributed by atoms with Crippen molar-refractivity contribution in [2.75, 3.05) is 45.7 Å². The Balaban J connectivity index is 1.87. The lowest BCUT2D eigenvalue weighted by atomic mass is 10.2. The quantitative estimate of drug-likeness (QED) is 0.691. The van der Waals surface area contributed by atoms with Gasteiger partial charge >= 0.3 is 0 Å². The van der Waals surface area contributed by atoms with Crippen molar-refractivity contribution in [3.05, 3.63) is 48.0 Å². The van der Waals surface area contributed by atoms with E-state index in [0.717, 1.165) is 25.9 Å². The first-order valence-corrected chi connectivity index (χ1v) is 8.42. The van der Waals surface area contributed by atoms with E-state index in [-0.39, 0.29) is 5.91 Å². The van der Waals surface area contributed by atoms with E-state index in [1.807, 2.05) is 38.2 Å². The third kappa shape index (κ3) is 6.46. The minimum absolute atomic E-state index is 0.162. The zero-order valence-corrected chi connectivity index (χ0v) is 15.1. The Hall–Kier alpha value is -2.54. The Morgan fingerprint density at radius 2 is 1.84 bits per heavy atom. The molecule has 1 N–H and O–H groups in total. The van der Waals surface area contributed by atoms with Crippen molar-refractivity contribution in [1.82, 2.24) is 25.2 Å². The smallest absolute Gasteiger partial charge is 0.270 e. The summed E-state index contributed by atoms with van der Waals surface area (Å²) in [5.74, 6) is 0.389. The van der Waals surface area contributed by atoms with Crippen LogP contribution in [0.15, 0.2) is 36.8 Å². The van der Waals surface area contributed by atoms with Crippen molar-refractivity contribution in [3.63, 3.8) is 0 Å². The van der Waals surface area contributed by atoms with Gasteiger partial charge in [0.15, 0.2) is 0 Å². The Bertz CT molecular complexity index is 662. The summed E-state index contributed by atoms with van der Waals surface area (Å²) in [4.78, 5) is 28.9. The fourth-order valence-corrected chi connectivity index (χ4v) is 2.29. The molecule has 0 aliphatic rings. The molecule has 0 aliphatic carbocycles. The zero-order chi connectivity index (χ0) is 18.1. The number of nitrogens with one attached hydrogen (secondary N) is 1. The molecule has 1 amide bonds. The van der Waals surface area contributed by atoms with Crippen LogP contribution in [0.1, 0.15) is 22.5 Å². The molecule has 0 saturated heterocycles. The minimum Gasteiger partial charge on any atom is -0.351 e. The highest BCUT2D eigenvalue weighted by atomic mass is 16.1. The summed E-state index contributed by atoms with van der Waals surface area (Å²) in [6, 6.07) is 5.63. The van der Waals surface area contributed by atoms with Crippen LogP contribution in [0.5, 0.6) is 0 Å². The van der Waals surface area contributed by atoms with Crippen molar-refractivity contribution >= 4 is 11.9 Å². The lowest BCUT2D eigenvalue weighted by molar-refractivity contribution is 0.0947. The fraction of sp³-hybridized carbons (Fsp3) is 0.444. The molecule has 134 valence electrons. The number of nitrogens with zero attached hydrogens (tertiary/aromatic N) is 5. The molecule has 0 atom stereocenters. The number of rotatable bonds is 9. The maximum absolute atomic E-state index is 12.2. The molecule has 0 unspecified atom stereocenters. The summed E-state index contributed by atoms with van der Waals surface area (Å²) in [6.45, 7) is 2.33. The Labute approximate surface area is 149 Å². The molecule has 2 heterocycles. The first-order chi connectivity index (χ1) is 12.1. The second kappa shape index (κ2) is 9.68. The molecule has 7 nitrogen and oxygen atoms in total. The van der Waals surface area contributed by atoms with Gasteiger partial charge in [-0.05, 0) is 57.2 Å². The van der Waals surface area contributed by atoms with E-state index in [9.17, 15) is 4.79 Å². The van der Waals surface area contributed by atoms with Gasteiger partial charge in [0.1, 0.15) is 5.69 Å². The topological polar surface area (TPSA) is 74.2 Å². The molecule has 2 rings (SSSR count). The number of pyridine rings is 1. The third-order valence-electron chi connectivity index (χ3n) is 3.77. The predicted octanol–water partition coefficient (Wildman–Crippen LogP) is 1.23. The van der Waals surface area contributed by atoms with Crippen LogP contribution in [0, 0.1) is 0 Å². The van der Waals surface area contributed by atoms with E-state index in [4.69, 9.17) is 0 Å². The average Bonchev–Trinajstić information content (AvgIpc) is 2.64. The molecule has 2 aromatic rings. The number of anilines is 1. The van der Waals surface area contributed by atoms with Crippen LogP contribution in [0.3, 0.4) is 0 Å². The largest absolute Gasteiger partial charge is 0.351 e. The number of hydrogen-bond acceptors (Lipinski definition) is 6. The molecule has 0 spiro atoms. The highest BCUT2D eigenvalue weighted by Gasteiger charge is 2.11. The van der Waals surface area contributed by atoms with Crippen LogP contribution < -0.4 is 10.2 Å². The maximum Gasteiger partial charge on any atom is 0.270 e. The van der Waals surface area contributed by atoms with E-state index in [0.29, 0.717) is 18.2 Å². The van der Waals surface area contributed by atoms with E-state index in [1.165, 1.54) is 5.56 Å². The molecule has 0 aliphatic heterocycles. The number of hydrogen-bond donors (Lipinski definition) is 1. The van der Waals surface area contributed by atoms with Crippen LogP contribution in [0.2, 0.25) is 0 Å². The van der Waals surface area contributed by atoms with Crippen LogP contribution in [0.4, 0.5) is 5.95 Å². The molecule has 0 radical (unpaired) electrons. The monoisotopic (exact) mass is 342 g/mol. The second-order valence-electron chi connectivity index (χ2n) is 6.18. The van der Waals surface area contributed by atoms with Crippen LogP contribution >= 0.6 is 0 Å². The van der Waals surface area contributed by atoms with Gasteiger partial charge in [-0.1, -0.05) is 0 Å². The Morgan fingerprint density at radius 1 is 1.08 bits per heavy atom. The van der Waals surface area contributed by atoms with E-state index >= 15 is 0 Å². The van der Waals surface area contributed by atoms with Gasteiger partial charge in [-0.25, -0.2) is 9.97 Å². The van der Waals surface area contributed by atoms with Crippen molar-refractivity contribution in [2.24, 2.45) is 0 Å². The lowest BCUT2D eigenvalue weighted by Gasteiger charge is -2.17. The van der Waals surface area contributed by atoms with Gasteiger partial charge in [0, 0.05) is 38.7 Å². The highest BCUT2D eigenvalue weighted by Crippen LogP contribution is 2.07. The van der Waals surface area contributed by atoms with Crippen LogP contribution in [-0.2, 0) is 6.42 Å². The molecule has 25 heavy (non-hydrogen) atoms. The summed E-state index contributed by atoms with van der Waals surface area (Å²) < 4.78 is 0. The number of aromatic nitrogens is 3. The number of carbonyl (C=O) groups is 1.